The number of alkyl halides is 6. The Hall–Kier alpha value is -2.75. The summed E-state index contributed by atoms with van der Waals surface area (Å²) >= 11 is 0. The Bertz CT molecular complexity index is 892. The standard InChI is InChI=1S/C21H19F6NO3/c22-20(23,24)16-7-14(8-17(9-16)21(25,26)27)12-31-18-3-1-13(2-4-18)10-28-6-5-15(11-28)19(29)30/h1-4,7-9,15H,5-6,10-12H2,(H,29,30). The van der Waals surface area contributed by atoms with Gasteiger partial charge in [0.15, 0.2) is 0 Å². The molecule has 1 heterocycles. The van der Waals surface area contributed by atoms with Gasteiger partial charge < -0.3 is 9.84 Å². The number of hydrogen-bond donors (Lipinski definition) is 1. The van der Waals surface area contributed by atoms with E-state index in [1.54, 1.807) is 24.3 Å². The molecule has 3 rings (SSSR count). The summed E-state index contributed by atoms with van der Waals surface area (Å²) in [5.41, 5.74) is -2.14. The maximum Gasteiger partial charge on any atom is 0.416 e. The average molecular weight is 447 g/mol. The second-order valence-electron chi connectivity index (χ2n) is 7.41. The monoisotopic (exact) mass is 447 g/mol. The Morgan fingerprint density at radius 3 is 2.03 bits per heavy atom. The summed E-state index contributed by atoms with van der Waals surface area (Å²) in [5, 5.41) is 9.04. The summed E-state index contributed by atoms with van der Waals surface area (Å²) in [7, 11) is 0. The van der Waals surface area contributed by atoms with Crippen LogP contribution in [-0.4, -0.2) is 29.1 Å². The van der Waals surface area contributed by atoms with Crippen LogP contribution < -0.4 is 4.74 Å². The Morgan fingerprint density at radius 2 is 1.55 bits per heavy atom. The third-order valence-corrected chi connectivity index (χ3v) is 5.00. The van der Waals surface area contributed by atoms with Crippen molar-refractivity contribution in [1.29, 1.82) is 0 Å². The zero-order valence-corrected chi connectivity index (χ0v) is 16.1. The Labute approximate surface area is 174 Å². The summed E-state index contributed by atoms with van der Waals surface area (Å²) in [6.45, 7) is 1.18. The van der Waals surface area contributed by atoms with E-state index in [4.69, 9.17) is 9.84 Å². The minimum atomic E-state index is -4.91. The first-order chi connectivity index (χ1) is 14.4. The number of carbonyl (C=O) groups is 1. The van der Waals surface area contributed by atoms with Gasteiger partial charge in [-0.15, -0.1) is 0 Å². The van der Waals surface area contributed by atoms with Crippen molar-refractivity contribution in [1.82, 2.24) is 4.90 Å². The van der Waals surface area contributed by atoms with Gasteiger partial charge in [0, 0.05) is 13.1 Å². The predicted molar refractivity (Wildman–Crippen MR) is 98.2 cm³/mol. The number of carboxylic acids is 1. The van der Waals surface area contributed by atoms with E-state index in [0.717, 1.165) is 5.56 Å². The minimum Gasteiger partial charge on any atom is -0.489 e. The molecule has 31 heavy (non-hydrogen) atoms. The van der Waals surface area contributed by atoms with Crippen molar-refractivity contribution in [2.24, 2.45) is 5.92 Å². The van der Waals surface area contributed by atoms with Gasteiger partial charge in [-0.25, -0.2) is 0 Å². The number of halogens is 6. The van der Waals surface area contributed by atoms with E-state index >= 15 is 0 Å². The van der Waals surface area contributed by atoms with Crippen molar-refractivity contribution in [3.05, 3.63) is 64.7 Å². The van der Waals surface area contributed by atoms with E-state index in [2.05, 4.69) is 0 Å². The first-order valence-corrected chi connectivity index (χ1v) is 9.37. The number of benzene rings is 2. The normalized spacial score (nSPS) is 17.7. The summed E-state index contributed by atoms with van der Waals surface area (Å²) in [4.78, 5) is 13.0. The third-order valence-electron chi connectivity index (χ3n) is 5.00. The lowest BCUT2D eigenvalue weighted by atomic mass is 10.1. The topological polar surface area (TPSA) is 49.8 Å². The van der Waals surface area contributed by atoms with E-state index in [0.29, 0.717) is 43.9 Å². The smallest absolute Gasteiger partial charge is 0.416 e. The van der Waals surface area contributed by atoms with Gasteiger partial charge in [-0.1, -0.05) is 12.1 Å². The molecule has 1 fully saturated rings. The molecule has 0 saturated carbocycles. The van der Waals surface area contributed by atoms with Crippen molar-refractivity contribution < 1.29 is 41.0 Å². The van der Waals surface area contributed by atoms with Crippen molar-refractivity contribution in [2.75, 3.05) is 13.1 Å². The first kappa shape index (κ1) is 22.9. The molecule has 1 atom stereocenters. The zero-order valence-electron chi connectivity index (χ0n) is 16.1. The lowest BCUT2D eigenvalue weighted by molar-refractivity contribution is -0.143. The van der Waals surface area contributed by atoms with Gasteiger partial charge in [-0.3, -0.25) is 9.69 Å². The zero-order chi connectivity index (χ0) is 22.8. The highest BCUT2D eigenvalue weighted by Crippen LogP contribution is 2.36. The molecule has 168 valence electrons. The largest absolute Gasteiger partial charge is 0.489 e. The van der Waals surface area contributed by atoms with E-state index in [-0.39, 0.29) is 11.6 Å². The number of likely N-dealkylation sites (tertiary alicyclic amines) is 1. The van der Waals surface area contributed by atoms with Crippen LogP contribution in [0.15, 0.2) is 42.5 Å². The van der Waals surface area contributed by atoms with Crippen LogP contribution in [-0.2, 0) is 30.3 Å². The van der Waals surface area contributed by atoms with E-state index in [1.807, 2.05) is 4.90 Å². The van der Waals surface area contributed by atoms with Gasteiger partial charge >= 0.3 is 18.3 Å². The minimum absolute atomic E-state index is 0.0750. The van der Waals surface area contributed by atoms with Gasteiger partial charge in [-0.2, -0.15) is 26.3 Å². The molecule has 0 bridgehead atoms. The molecular weight excluding hydrogens is 428 g/mol. The highest BCUT2D eigenvalue weighted by molar-refractivity contribution is 5.70. The number of nitrogens with zero attached hydrogens (tertiary/aromatic N) is 1. The van der Waals surface area contributed by atoms with Crippen LogP contribution in [0.3, 0.4) is 0 Å². The molecule has 1 aliphatic rings. The summed E-state index contributed by atoms with van der Waals surface area (Å²) in [6, 6.07) is 7.92. The van der Waals surface area contributed by atoms with Gasteiger partial charge in [0.05, 0.1) is 17.0 Å². The summed E-state index contributed by atoms with van der Waals surface area (Å²) < 4.78 is 83.0. The highest BCUT2D eigenvalue weighted by atomic mass is 19.4. The number of aliphatic carboxylic acids is 1. The van der Waals surface area contributed by atoms with Crippen molar-refractivity contribution in [3.63, 3.8) is 0 Å². The first-order valence-electron chi connectivity index (χ1n) is 9.37. The fourth-order valence-electron chi connectivity index (χ4n) is 3.40. The maximum absolute atomic E-state index is 12.9. The van der Waals surface area contributed by atoms with Crippen LogP contribution in [0.25, 0.3) is 0 Å². The molecule has 0 aromatic heterocycles. The lowest BCUT2D eigenvalue weighted by Crippen LogP contribution is -2.22. The predicted octanol–water partition coefficient (Wildman–Crippen LogP) is 5.21. The Morgan fingerprint density at radius 1 is 0.968 bits per heavy atom. The quantitative estimate of drug-likeness (QED) is 0.618. The summed E-state index contributed by atoms with van der Waals surface area (Å²) in [5.74, 6) is -0.925. The van der Waals surface area contributed by atoms with Gasteiger partial charge in [0.25, 0.3) is 0 Å². The van der Waals surface area contributed by atoms with E-state index in [1.165, 1.54) is 0 Å². The number of hydrogen-bond acceptors (Lipinski definition) is 3. The van der Waals surface area contributed by atoms with Crippen LogP contribution >= 0.6 is 0 Å². The number of rotatable bonds is 6. The number of carboxylic acid groups (broad SMARTS) is 1. The molecule has 0 aliphatic carbocycles. The fourth-order valence-corrected chi connectivity index (χ4v) is 3.40. The molecule has 1 N–H and O–H groups in total. The molecule has 1 unspecified atom stereocenters. The van der Waals surface area contributed by atoms with Crippen molar-refractivity contribution >= 4 is 5.97 Å². The van der Waals surface area contributed by atoms with E-state index < -0.39 is 42.0 Å². The van der Waals surface area contributed by atoms with Crippen LogP contribution in [0.5, 0.6) is 5.75 Å². The van der Waals surface area contributed by atoms with Crippen LogP contribution in [0.2, 0.25) is 0 Å². The SMILES string of the molecule is O=C(O)C1CCN(Cc2ccc(OCc3cc(C(F)(F)F)cc(C(F)(F)F)c3)cc2)C1. The molecule has 2 aromatic rings. The molecule has 0 radical (unpaired) electrons. The second kappa shape index (κ2) is 8.78. The summed E-state index contributed by atoms with van der Waals surface area (Å²) in [6.07, 6.45) is -9.24. The van der Waals surface area contributed by atoms with Crippen molar-refractivity contribution in [3.8, 4) is 5.75 Å². The molecular formula is C21H19F6NO3. The van der Waals surface area contributed by atoms with Gasteiger partial charge in [0.1, 0.15) is 12.4 Å². The maximum atomic E-state index is 12.9. The lowest BCUT2D eigenvalue weighted by Gasteiger charge is -2.16. The van der Waals surface area contributed by atoms with Gasteiger partial charge in [-0.05, 0) is 54.4 Å². The van der Waals surface area contributed by atoms with E-state index in [9.17, 15) is 31.1 Å². The van der Waals surface area contributed by atoms with Crippen molar-refractivity contribution in [2.45, 2.75) is 31.9 Å². The molecule has 1 aliphatic heterocycles. The highest BCUT2D eigenvalue weighted by Gasteiger charge is 2.37. The van der Waals surface area contributed by atoms with Crippen LogP contribution in [0, 0.1) is 5.92 Å². The molecule has 2 aromatic carbocycles. The second-order valence-corrected chi connectivity index (χ2v) is 7.41. The molecule has 10 heteroatoms. The fraction of sp³-hybridized carbons (Fsp3) is 0.381. The molecule has 4 nitrogen and oxygen atoms in total. The molecule has 0 spiro atoms. The Kier molecular flexibility index (Phi) is 6.49. The number of ether oxygens (including phenoxy) is 1. The Balaban J connectivity index is 1.64. The van der Waals surface area contributed by atoms with Gasteiger partial charge in [0.2, 0.25) is 0 Å². The van der Waals surface area contributed by atoms with Crippen LogP contribution in [0.1, 0.15) is 28.7 Å². The average Bonchev–Trinajstić information content (AvgIpc) is 3.15. The molecule has 1 saturated heterocycles. The molecule has 0 amide bonds. The van der Waals surface area contributed by atoms with Crippen LogP contribution in [0.4, 0.5) is 26.3 Å². The third kappa shape index (κ3) is 6.13.